The summed E-state index contributed by atoms with van der Waals surface area (Å²) in [5, 5.41) is 2.52. The van der Waals surface area contributed by atoms with Crippen LogP contribution in [0.2, 0.25) is 5.02 Å². The molecule has 0 saturated heterocycles. The Hall–Kier alpha value is -3.76. The summed E-state index contributed by atoms with van der Waals surface area (Å²) in [5.41, 5.74) is 1.30. The van der Waals surface area contributed by atoms with Gasteiger partial charge in [0.1, 0.15) is 4.90 Å². The standard InChI is InChI=1S/C24H23ClN2O7S/c1-14-6-5-7-16(10-14)27-35(30,31)22-11-15(8-9-18(22)25)23(28)26-19-13-21(33-3)20(32-2)12-17(19)24(29)34-4/h5-13,27H,1-4H3,(H,26,28). The van der Waals surface area contributed by atoms with Gasteiger partial charge in [0.2, 0.25) is 0 Å². The number of carbonyl (C=O) groups excluding carboxylic acids is 2. The molecule has 0 saturated carbocycles. The number of anilines is 2. The van der Waals surface area contributed by atoms with Gasteiger partial charge in [0, 0.05) is 23.4 Å². The van der Waals surface area contributed by atoms with Crippen molar-refractivity contribution in [1.82, 2.24) is 0 Å². The van der Waals surface area contributed by atoms with Crippen molar-refractivity contribution in [3.05, 3.63) is 76.3 Å². The van der Waals surface area contributed by atoms with Crippen molar-refractivity contribution in [1.29, 1.82) is 0 Å². The Balaban J connectivity index is 1.97. The predicted octanol–water partition coefficient (Wildman–Crippen LogP) is 4.51. The number of sulfonamides is 1. The van der Waals surface area contributed by atoms with Crippen molar-refractivity contribution < 1.29 is 32.2 Å². The van der Waals surface area contributed by atoms with Gasteiger partial charge in [-0.2, -0.15) is 0 Å². The topological polar surface area (TPSA) is 120 Å². The van der Waals surface area contributed by atoms with E-state index in [9.17, 15) is 18.0 Å². The van der Waals surface area contributed by atoms with Gasteiger partial charge < -0.3 is 19.5 Å². The zero-order chi connectivity index (χ0) is 25.8. The minimum absolute atomic E-state index is 0.00961. The third-order valence-corrected chi connectivity index (χ3v) is 6.79. The third-order valence-electron chi connectivity index (χ3n) is 4.93. The normalized spacial score (nSPS) is 10.9. The first-order chi connectivity index (χ1) is 16.6. The lowest BCUT2D eigenvalue weighted by Gasteiger charge is -2.15. The molecule has 0 fully saturated rings. The first-order valence-electron chi connectivity index (χ1n) is 10.1. The average Bonchev–Trinajstić information content (AvgIpc) is 2.83. The molecule has 0 unspecified atom stereocenters. The number of carbonyl (C=O) groups is 2. The van der Waals surface area contributed by atoms with E-state index in [1.807, 2.05) is 13.0 Å². The highest BCUT2D eigenvalue weighted by Gasteiger charge is 2.23. The summed E-state index contributed by atoms with van der Waals surface area (Å²) in [6, 6.07) is 13.4. The van der Waals surface area contributed by atoms with E-state index in [1.54, 1.807) is 18.2 Å². The van der Waals surface area contributed by atoms with Crippen LogP contribution in [0.5, 0.6) is 11.5 Å². The minimum atomic E-state index is -4.11. The molecular formula is C24H23ClN2O7S. The smallest absolute Gasteiger partial charge is 0.340 e. The molecule has 1 amide bonds. The van der Waals surface area contributed by atoms with Gasteiger partial charge in [-0.1, -0.05) is 23.7 Å². The van der Waals surface area contributed by atoms with Crippen molar-refractivity contribution in [2.24, 2.45) is 0 Å². The summed E-state index contributed by atoms with van der Waals surface area (Å²) in [6.45, 7) is 1.83. The number of aryl methyl sites for hydroxylation is 1. The van der Waals surface area contributed by atoms with Crippen LogP contribution in [0.3, 0.4) is 0 Å². The Kier molecular flexibility index (Phi) is 7.88. The first kappa shape index (κ1) is 25.9. The van der Waals surface area contributed by atoms with Crippen LogP contribution < -0.4 is 19.5 Å². The predicted molar refractivity (Wildman–Crippen MR) is 132 cm³/mol. The SMILES string of the molecule is COC(=O)c1cc(OC)c(OC)cc1NC(=O)c1ccc(Cl)c(S(=O)(=O)Nc2cccc(C)c2)c1. The van der Waals surface area contributed by atoms with Crippen LogP contribution >= 0.6 is 11.6 Å². The van der Waals surface area contributed by atoms with Gasteiger partial charge in [0.25, 0.3) is 15.9 Å². The third kappa shape index (κ3) is 5.84. The fourth-order valence-electron chi connectivity index (χ4n) is 3.22. The zero-order valence-electron chi connectivity index (χ0n) is 19.3. The summed E-state index contributed by atoms with van der Waals surface area (Å²) in [5.74, 6) is -0.890. The average molecular weight is 519 g/mol. The quantitative estimate of drug-likeness (QED) is 0.421. The molecule has 0 aliphatic rings. The van der Waals surface area contributed by atoms with Gasteiger partial charge in [-0.05, 0) is 42.8 Å². The zero-order valence-corrected chi connectivity index (χ0v) is 20.9. The van der Waals surface area contributed by atoms with E-state index >= 15 is 0 Å². The Morgan fingerprint density at radius 1 is 0.914 bits per heavy atom. The highest BCUT2D eigenvalue weighted by Crippen LogP contribution is 2.34. The molecular weight excluding hydrogens is 496 g/mol. The van der Waals surface area contributed by atoms with Crippen LogP contribution in [0.4, 0.5) is 11.4 Å². The summed E-state index contributed by atoms with van der Waals surface area (Å²) in [4.78, 5) is 25.0. The molecule has 0 aliphatic heterocycles. The van der Waals surface area contributed by atoms with Crippen LogP contribution in [0.1, 0.15) is 26.3 Å². The lowest BCUT2D eigenvalue weighted by atomic mass is 10.1. The summed E-state index contributed by atoms with van der Waals surface area (Å²) < 4.78 is 43.7. The summed E-state index contributed by atoms with van der Waals surface area (Å²) >= 11 is 6.16. The highest BCUT2D eigenvalue weighted by atomic mass is 35.5. The molecule has 11 heteroatoms. The van der Waals surface area contributed by atoms with Gasteiger partial charge in [-0.25, -0.2) is 13.2 Å². The first-order valence-corrected chi connectivity index (χ1v) is 12.0. The minimum Gasteiger partial charge on any atom is -0.493 e. The Morgan fingerprint density at radius 3 is 2.23 bits per heavy atom. The number of halogens is 1. The maximum atomic E-state index is 13.0. The molecule has 3 aromatic rings. The summed E-state index contributed by atoms with van der Waals surface area (Å²) in [7, 11) is -0.109. The van der Waals surface area contributed by atoms with E-state index in [2.05, 4.69) is 10.0 Å². The van der Waals surface area contributed by atoms with Crippen molar-refractivity contribution in [3.63, 3.8) is 0 Å². The Labute approximate surface area is 208 Å². The van der Waals surface area contributed by atoms with E-state index in [1.165, 1.54) is 45.6 Å². The molecule has 0 atom stereocenters. The summed E-state index contributed by atoms with van der Waals surface area (Å²) in [6.07, 6.45) is 0. The van der Waals surface area contributed by atoms with Gasteiger partial charge >= 0.3 is 5.97 Å². The number of rotatable bonds is 8. The molecule has 9 nitrogen and oxygen atoms in total. The second kappa shape index (κ2) is 10.7. The van der Waals surface area contributed by atoms with Crippen molar-refractivity contribution in [2.45, 2.75) is 11.8 Å². The number of hydrogen-bond acceptors (Lipinski definition) is 7. The van der Waals surface area contributed by atoms with Crippen molar-refractivity contribution >= 4 is 44.9 Å². The molecule has 35 heavy (non-hydrogen) atoms. The highest BCUT2D eigenvalue weighted by molar-refractivity contribution is 7.92. The monoisotopic (exact) mass is 518 g/mol. The lowest BCUT2D eigenvalue weighted by Crippen LogP contribution is -2.18. The number of methoxy groups -OCH3 is 3. The molecule has 3 aromatic carbocycles. The second-order valence-electron chi connectivity index (χ2n) is 7.32. The van der Waals surface area contributed by atoms with E-state index in [-0.39, 0.29) is 38.2 Å². The Morgan fingerprint density at radius 2 is 1.60 bits per heavy atom. The number of amides is 1. The van der Waals surface area contributed by atoms with Gasteiger partial charge in [-0.15, -0.1) is 0 Å². The van der Waals surface area contributed by atoms with Crippen molar-refractivity contribution in [3.8, 4) is 11.5 Å². The number of ether oxygens (including phenoxy) is 3. The molecule has 0 spiro atoms. The van der Waals surface area contributed by atoms with Crippen LogP contribution in [-0.4, -0.2) is 41.6 Å². The molecule has 0 bridgehead atoms. The second-order valence-corrected chi connectivity index (χ2v) is 9.38. The van der Waals surface area contributed by atoms with Crippen LogP contribution in [0.25, 0.3) is 0 Å². The van der Waals surface area contributed by atoms with E-state index < -0.39 is 21.9 Å². The Bertz CT molecular complexity index is 1390. The fourth-order valence-corrected chi connectivity index (χ4v) is 4.80. The number of esters is 1. The molecule has 3 rings (SSSR count). The lowest BCUT2D eigenvalue weighted by molar-refractivity contribution is 0.0601. The van der Waals surface area contributed by atoms with E-state index in [0.717, 1.165) is 11.6 Å². The van der Waals surface area contributed by atoms with E-state index in [0.29, 0.717) is 5.69 Å². The van der Waals surface area contributed by atoms with Gasteiger partial charge in [0.05, 0.1) is 37.6 Å². The molecule has 2 N–H and O–H groups in total. The van der Waals surface area contributed by atoms with Crippen molar-refractivity contribution in [2.75, 3.05) is 31.4 Å². The molecule has 0 radical (unpaired) electrons. The molecule has 184 valence electrons. The number of nitrogens with one attached hydrogen (secondary N) is 2. The molecule has 0 heterocycles. The largest absolute Gasteiger partial charge is 0.493 e. The number of benzene rings is 3. The van der Waals surface area contributed by atoms with Crippen LogP contribution in [0.15, 0.2) is 59.5 Å². The van der Waals surface area contributed by atoms with Crippen LogP contribution in [0, 0.1) is 6.92 Å². The van der Waals surface area contributed by atoms with Gasteiger partial charge in [-0.3, -0.25) is 9.52 Å². The molecule has 0 aromatic heterocycles. The maximum absolute atomic E-state index is 13.0. The number of hydrogen-bond donors (Lipinski definition) is 2. The van der Waals surface area contributed by atoms with Crippen LogP contribution in [-0.2, 0) is 14.8 Å². The fraction of sp³-hybridized carbons (Fsp3) is 0.167. The van der Waals surface area contributed by atoms with Gasteiger partial charge in [0.15, 0.2) is 11.5 Å². The maximum Gasteiger partial charge on any atom is 0.340 e. The van der Waals surface area contributed by atoms with E-state index in [4.69, 9.17) is 25.8 Å². The molecule has 0 aliphatic carbocycles.